The Morgan fingerprint density at radius 3 is 2.18 bits per heavy atom. The third kappa shape index (κ3) is 8.65. The Morgan fingerprint density at radius 1 is 0.941 bits per heavy atom. The van der Waals surface area contributed by atoms with E-state index in [-0.39, 0.29) is 0 Å². The molecule has 1 nitrogen and oxygen atoms in total. The van der Waals surface area contributed by atoms with Crippen LogP contribution in [-0.2, 0) is 0 Å². The zero-order valence-electron chi connectivity index (χ0n) is 12.1. The molecule has 0 bridgehead atoms. The Morgan fingerprint density at radius 2 is 1.59 bits per heavy atom. The standard InChI is InChI=1S/C16H33N/c1-3-5-6-7-8-9-10-11-15(4-2)14-17-16-12-13-16/h15-17H,3-14H2,1-2H3. The van der Waals surface area contributed by atoms with E-state index in [1.54, 1.807) is 0 Å². The molecule has 1 heteroatoms. The van der Waals surface area contributed by atoms with E-state index in [1.807, 2.05) is 0 Å². The zero-order chi connectivity index (χ0) is 12.3. The van der Waals surface area contributed by atoms with Crippen LogP contribution in [0.5, 0.6) is 0 Å². The predicted molar refractivity (Wildman–Crippen MR) is 77.4 cm³/mol. The van der Waals surface area contributed by atoms with Crippen LogP contribution in [0, 0.1) is 5.92 Å². The summed E-state index contributed by atoms with van der Waals surface area (Å²) in [5, 5.41) is 3.68. The molecule has 102 valence electrons. The molecule has 1 fully saturated rings. The first-order valence-corrected chi connectivity index (χ1v) is 8.10. The molecule has 0 spiro atoms. The third-order valence-electron chi connectivity index (χ3n) is 4.07. The van der Waals surface area contributed by atoms with E-state index in [2.05, 4.69) is 19.2 Å². The highest BCUT2D eigenvalue weighted by molar-refractivity contribution is 4.81. The number of hydrogen-bond acceptors (Lipinski definition) is 1. The van der Waals surface area contributed by atoms with E-state index in [9.17, 15) is 0 Å². The second-order valence-corrected chi connectivity index (χ2v) is 5.87. The molecule has 1 atom stereocenters. The molecule has 1 rings (SSSR count). The fourth-order valence-electron chi connectivity index (χ4n) is 2.46. The minimum atomic E-state index is 0.887. The van der Waals surface area contributed by atoms with Gasteiger partial charge in [-0.05, 0) is 31.7 Å². The van der Waals surface area contributed by atoms with Crippen molar-refractivity contribution >= 4 is 0 Å². The van der Waals surface area contributed by atoms with Gasteiger partial charge in [0.15, 0.2) is 0 Å². The van der Waals surface area contributed by atoms with Crippen molar-refractivity contribution in [3.8, 4) is 0 Å². The highest BCUT2D eigenvalue weighted by Gasteiger charge is 2.21. The summed E-state index contributed by atoms with van der Waals surface area (Å²) in [6, 6.07) is 0.887. The van der Waals surface area contributed by atoms with Crippen molar-refractivity contribution in [2.45, 2.75) is 90.5 Å². The van der Waals surface area contributed by atoms with Crippen LogP contribution in [-0.4, -0.2) is 12.6 Å². The van der Waals surface area contributed by atoms with Gasteiger partial charge in [-0.25, -0.2) is 0 Å². The van der Waals surface area contributed by atoms with Gasteiger partial charge in [0.05, 0.1) is 0 Å². The van der Waals surface area contributed by atoms with E-state index < -0.39 is 0 Å². The molecular formula is C16H33N. The summed E-state index contributed by atoms with van der Waals surface area (Å²) < 4.78 is 0. The van der Waals surface area contributed by atoms with Gasteiger partial charge in [0, 0.05) is 6.04 Å². The monoisotopic (exact) mass is 239 g/mol. The summed E-state index contributed by atoms with van der Waals surface area (Å²) in [4.78, 5) is 0. The van der Waals surface area contributed by atoms with Crippen molar-refractivity contribution < 1.29 is 0 Å². The molecule has 0 heterocycles. The molecule has 17 heavy (non-hydrogen) atoms. The van der Waals surface area contributed by atoms with Gasteiger partial charge in [0.25, 0.3) is 0 Å². The molecule has 1 unspecified atom stereocenters. The molecule has 1 aliphatic rings. The molecule has 0 radical (unpaired) electrons. The van der Waals surface area contributed by atoms with Crippen LogP contribution < -0.4 is 5.32 Å². The SMILES string of the molecule is CCCCCCCCCC(CC)CNC1CC1. The first-order chi connectivity index (χ1) is 8.36. The Bertz CT molecular complexity index is 163. The molecule has 0 saturated heterocycles. The van der Waals surface area contributed by atoms with Gasteiger partial charge < -0.3 is 5.32 Å². The van der Waals surface area contributed by atoms with E-state index in [0.717, 1.165) is 12.0 Å². The van der Waals surface area contributed by atoms with Crippen molar-refractivity contribution in [3.63, 3.8) is 0 Å². The molecule has 0 aliphatic heterocycles. The molecule has 1 N–H and O–H groups in total. The second kappa shape index (κ2) is 9.94. The van der Waals surface area contributed by atoms with Gasteiger partial charge in [0.1, 0.15) is 0 Å². The van der Waals surface area contributed by atoms with Crippen LogP contribution in [0.4, 0.5) is 0 Å². The van der Waals surface area contributed by atoms with Crippen molar-refractivity contribution in [2.75, 3.05) is 6.54 Å². The summed E-state index contributed by atoms with van der Waals surface area (Å²) in [6.07, 6.45) is 15.8. The van der Waals surface area contributed by atoms with Gasteiger partial charge in [-0.3, -0.25) is 0 Å². The molecule has 0 aromatic heterocycles. The van der Waals surface area contributed by atoms with Gasteiger partial charge in [0.2, 0.25) is 0 Å². The number of nitrogens with one attached hydrogen (secondary N) is 1. The lowest BCUT2D eigenvalue weighted by atomic mass is 9.97. The minimum Gasteiger partial charge on any atom is -0.314 e. The number of hydrogen-bond donors (Lipinski definition) is 1. The zero-order valence-corrected chi connectivity index (χ0v) is 12.1. The Hall–Kier alpha value is -0.0400. The van der Waals surface area contributed by atoms with Crippen molar-refractivity contribution in [1.82, 2.24) is 5.32 Å². The lowest BCUT2D eigenvalue weighted by Gasteiger charge is -2.15. The molecule has 0 aromatic rings. The lowest BCUT2D eigenvalue weighted by molar-refractivity contribution is 0.409. The van der Waals surface area contributed by atoms with E-state index in [4.69, 9.17) is 0 Å². The highest BCUT2D eigenvalue weighted by atomic mass is 14.9. The van der Waals surface area contributed by atoms with Crippen LogP contribution in [0.1, 0.15) is 84.5 Å². The van der Waals surface area contributed by atoms with Crippen LogP contribution in [0.15, 0.2) is 0 Å². The van der Waals surface area contributed by atoms with Crippen molar-refractivity contribution in [1.29, 1.82) is 0 Å². The quantitative estimate of drug-likeness (QED) is 0.477. The highest BCUT2D eigenvalue weighted by Crippen LogP contribution is 2.20. The van der Waals surface area contributed by atoms with Crippen LogP contribution >= 0.6 is 0 Å². The molecular weight excluding hydrogens is 206 g/mol. The summed E-state index contributed by atoms with van der Waals surface area (Å²) in [5.41, 5.74) is 0. The first-order valence-electron chi connectivity index (χ1n) is 8.10. The largest absolute Gasteiger partial charge is 0.314 e. The molecule has 1 saturated carbocycles. The topological polar surface area (TPSA) is 12.0 Å². The fraction of sp³-hybridized carbons (Fsp3) is 1.00. The maximum Gasteiger partial charge on any atom is 0.00683 e. The Kier molecular flexibility index (Phi) is 8.78. The van der Waals surface area contributed by atoms with Crippen molar-refractivity contribution in [3.05, 3.63) is 0 Å². The third-order valence-corrected chi connectivity index (χ3v) is 4.07. The maximum atomic E-state index is 3.68. The lowest BCUT2D eigenvalue weighted by Crippen LogP contribution is -2.24. The maximum absolute atomic E-state index is 3.68. The Labute approximate surface area is 109 Å². The normalized spacial score (nSPS) is 17.3. The summed E-state index contributed by atoms with van der Waals surface area (Å²) >= 11 is 0. The second-order valence-electron chi connectivity index (χ2n) is 5.87. The summed E-state index contributed by atoms with van der Waals surface area (Å²) in [5.74, 6) is 0.936. The minimum absolute atomic E-state index is 0.887. The molecule has 0 amide bonds. The van der Waals surface area contributed by atoms with Crippen LogP contribution in [0.3, 0.4) is 0 Å². The van der Waals surface area contributed by atoms with Crippen LogP contribution in [0.2, 0.25) is 0 Å². The Balaban J connectivity index is 1.84. The fourth-order valence-corrected chi connectivity index (χ4v) is 2.46. The van der Waals surface area contributed by atoms with Crippen molar-refractivity contribution in [2.24, 2.45) is 5.92 Å². The predicted octanol–water partition coefficient (Wildman–Crippen LogP) is 4.91. The molecule has 1 aliphatic carbocycles. The van der Waals surface area contributed by atoms with E-state index >= 15 is 0 Å². The average molecular weight is 239 g/mol. The van der Waals surface area contributed by atoms with E-state index in [0.29, 0.717) is 0 Å². The van der Waals surface area contributed by atoms with Gasteiger partial charge in [-0.1, -0.05) is 65.2 Å². The smallest absolute Gasteiger partial charge is 0.00683 e. The van der Waals surface area contributed by atoms with Gasteiger partial charge in [-0.15, -0.1) is 0 Å². The molecule has 0 aromatic carbocycles. The van der Waals surface area contributed by atoms with E-state index in [1.165, 1.54) is 77.2 Å². The van der Waals surface area contributed by atoms with Gasteiger partial charge >= 0.3 is 0 Å². The first kappa shape index (κ1) is 15.0. The summed E-state index contributed by atoms with van der Waals surface area (Å²) in [7, 11) is 0. The average Bonchev–Trinajstić information content (AvgIpc) is 3.16. The summed E-state index contributed by atoms with van der Waals surface area (Å²) in [6.45, 7) is 5.91. The number of unbranched alkanes of at least 4 members (excludes halogenated alkanes) is 6. The number of rotatable bonds is 12. The van der Waals surface area contributed by atoms with Gasteiger partial charge in [-0.2, -0.15) is 0 Å². The van der Waals surface area contributed by atoms with Crippen LogP contribution in [0.25, 0.3) is 0 Å².